The van der Waals surface area contributed by atoms with E-state index in [4.69, 9.17) is 0 Å². The first-order chi connectivity index (χ1) is 13.5. The molecule has 0 bridgehead atoms. The van der Waals surface area contributed by atoms with E-state index in [1.165, 1.54) is 30.5 Å². The number of anilines is 3. The topological polar surface area (TPSA) is 73.5 Å². The summed E-state index contributed by atoms with van der Waals surface area (Å²) in [5.74, 6) is -1.25. The number of amides is 2. The molecule has 144 valence electrons. The summed E-state index contributed by atoms with van der Waals surface area (Å²) in [6.07, 6.45) is 1.79. The van der Waals surface area contributed by atoms with Crippen LogP contribution >= 0.6 is 0 Å². The second kappa shape index (κ2) is 7.30. The fourth-order valence-corrected chi connectivity index (χ4v) is 3.33. The van der Waals surface area contributed by atoms with Gasteiger partial charge in [0, 0.05) is 43.5 Å². The first-order valence-corrected chi connectivity index (χ1v) is 8.90. The first kappa shape index (κ1) is 18.0. The van der Waals surface area contributed by atoms with Crippen LogP contribution in [0.3, 0.4) is 0 Å². The molecule has 1 saturated heterocycles. The van der Waals surface area contributed by atoms with Crippen molar-refractivity contribution < 1.29 is 18.4 Å². The fraction of sp³-hybridized carbons (Fsp3) is 0.200. The van der Waals surface area contributed by atoms with Gasteiger partial charge in [-0.2, -0.15) is 0 Å². The Morgan fingerprint density at radius 2 is 1.93 bits per heavy atom. The van der Waals surface area contributed by atoms with Crippen LogP contribution in [0.5, 0.6) is 0 Å². The Morgan fingerprint density at radius 1 is 1.07 bits per heavy atom. The predicted molar refractivity (Wildman–Crippen MR) is 103 cm³/mol. The lowest BCUT2D eigenvalue weighted by Gasteiger charge is -2.22. The maximum atomic E-state index is 14.6. The smallest absolute Gasteiger partial charge is 0.257 e. The SMILES string of the molecule is O=C1CCN(c2ccc(N/C=C3/C(=O)Nc4cc(F)ccc43)cc2F)CCN1. The minimum atomic E-state index is -0.434. The van der Waals surface area contributed by atoms with Crippen LogP contribution in [-0.4, -0.2) is 31.4 Å². The molecule has 0 aromatic heterocycles. The normalized spacial score (nSPS) is 17.8. The summed E-state index contributed by atoms with van der Waals surface area (Å²) in [6, 6.07) is 8.74. The average Bonchev–Trinajstić information content (AvgIpc) is 2.81. The number of halogens is 2. The Balaban J connectivity index is 1.52. The van der Waals surface area contributed by atoms with E-state index in [-0.39, 0.29) is 11.8 Å². The molecular formula is C20H18F2N4O2. The van der Waals surface area contributed by atoms with Crippen LogP contribution < -0.4 is 20.9 Å². The van der Waals surface area contributed by atoms with Crippen molar-refractivity contribution in [2.24, 2.45) is 0 Å². The molecule has 0 atom stereocenters. The number of hydrogen-bond acceptors (Lipinski definition) is 4. The molecule has 2 amide bonds. The molecule has 0 unspecified atom stereocenters. The summed E-state index contributed by atoms with van der Waals surface area (Å²) in [5, 5.41) is 8.28. The highest BCUT2D eigenvalue weighted by atomic mass is 19.1. The van der Waals surface area contributed by atoms with Crippen molar-refractivity contribution in [2.75, 3.05) is 35.2 Å². The van der Waals surface area contributed by atoms with E-state index in [9.17, 15) is 18.4 Å². The molecule has 6 nitrogen and oxygen atoms in total. The van der Waals surface area contributed by atoms with Crippen molar-refractivity contribution in [3.63, 3.8) is 0 Å². The van der Waals surface area contributed by atoms with Crippen LogP contribution in [0.4, 0.5) is 25.8 Å². The molecule has 3 N–H and O–H groups in total. The highest BCUT2D eigenvalue weighted by Crippen LogP contribution is 2.32. The number of rotatable bonds is 3. The summed E-state index contributed by atoms with van der Waals surface area (Å²) in [5.41, 5.74) is 2.23. The van der Waals surface area contributed by atoms with E-state index in [0.717, 1.165) is 0 Å². The summed E-state index contributed by atoms with van der Waals surface area (Å²) < 4.78 is 27.9. The quantitative estimate of drug-likeness (QED) is 0.712. The number of carbonyl (C=O) groups excluding carboxylic acids is 2. The lowest BCUT2D eigenvalue weighted by atomic mass is 10.1. The average molecular weight is 384 g/mol. The highest BCUT2D eigenvalue weighted by Gasteiger charge is 2.24. The van der Waals surface area contributed by atoms with Crippen molar-refractivity contribution in [1.29, 1.82) is 0 Å². The van der Waals surface area contributed by atoms with Crippen LogP contribution in [0.15, 0.2) is 42.6 Å². The molecule has 0 radical (unpaired) electrons. The maximum absolute atomic E-state index is 14.6. The number of nitrogens with one attached hydrogen (secondary N) is 3. The van der Waals surface area contributed by atoms with Crippen LogP contribution in [0.1, 0.15) is 12.0 Å². The molecule has 2 aromatic rings. The molecule has 28 heavy (non-hydrogen) atoms. The Morgan fingerprint density at radius 3 is 2.75 bits per heavy atom. The second-order valence-electron chi connectivity index (χ2n) is 6.60. The van der Waals surface area contributed by atoms with Crippen molar-refractivity contribution in [1.82, 2.24) is 5.32 Å². The third kappa shape index (κ3) is 3.53. The van der Waals surface area contributed by atoms with Crippen LogP contribution in [-0.2, 0) is 9.59 Å². The summed E-state index contributed by atoms with van der Waals surface area (Å²) in [4.78, 5) is 25.4. The molecule has 2 aliphatic heterocycles. The third-order valence-electron chi connectivity index (χ3n) is 4.75. The maximum Gasteiger partial charge on any atom is 0.257 e. The molecule has 0 saturated carbocycles. The number of nitrogens with zero attached hydrogens (tertiary/aromatic N) is 1. The van der Waals surface area contributed by atoms with Gasteiger partial charge in [-0.05, 0) is 36.4 Å². The van der Waals surface area contributed by atoms with Gasteiger partial charge in [0.15, 0.2) is 0 Å². The first-order valence-electron chi connectivity index (χ1n) is 8.90. The zero-order valence-corrected chi connectivity index (χ0v) is 14.9. The Kier molecular flexibility index (Phi) is 4.68. The molecule has 8 heteroatoms. The Labute approximate surface area is 160 Å². The largest absolute Gasteiger partial charge is 0.367 e. The number of benzene rings is 2. The van der Waals surface area contributed by atoms with Crippen molar-refractivity contribution >= 4 is 34.4 Å². The van der Waals surface area contributed by atoms with Crippen molar-refractivity contribution in [3.8, 4) is 0 Å². The molecule has 1 fully saturated rings. The zero-order valence-electron chi connectivity index (χ0n) is 14.9. The van der Waals surface area contributed by atoms with E-state index in [0.29, 0.717) is 54.3 Å². The van der Waals surface area contributed by atoms with Gasteiger partial charge in [-0.1, -0.05) is 0 Å². The van der Waals surface area contributed by atoms with Gasteiger partial charge in [-0.3, -0.25) is 9.59 Å². The number of hydrogen-bond donors (Lipinski definition) is 3. The van der Waals surface area contributed by atoms with E-state index in [2.05, 4.69) is 16.0 Å². The Bertz CT molecular complexity index is 990. The van der Waals surface area contributed by atoms with Gasteiger partial charge in [-0.25, -0.2) is 8.78 Å². The number of carbonyl (C=O) groups is 2. The summed E-state index contributed by atoms with van der Waals surface area (Å²) in [6.45, 7) is 1.46. The van der Waals surface area contributed by atoms with E-state index >= 15 is 0 Å². The molecule has 2 aliphatic rings. The van der Waals surface area contributed by atoms with Crippen molar-refractivity contribution in [3.05, 3.63) is 59.8 Å². The molecule has 0 aliphatic carbocycles. The van der Waals surface area contributed by atoms with Crippen LogP contribution in [0.2, 0.25) is 0 Å². The van der Waals surface area contributed by atoms with Gasteiger partial charge >= 0.3 is 0 Å². The van der Waals surface area contributed by atoms with Crippen LogP contribution in [0.25, 0.3) is 5.57 Å². The Hall–Kier alpha value is -3.42. The molecule has 0 spiro atoms. The van der Waals surface area contributed by atoms with E-state index in [1.807, 2.05) is 4.90 Å². The predicted octanol–water partition coefficient (Wildman–Crippen LogP) is 2.70. The summed E-state index contributed by atoms with van der Waals surface area (Å²) >= 11 is 0. The van der Waals surface area contributed by atoms with Gasteiger partial charge in [0.1, 0.15) is 11.6 Å². The van der Waals surface area contributed by atoms with Crippen molar-refractivity contribution in [2.45, 2.75) is 6.42 Å². The molecule has 4 rings (SSSR count). The molecule has 2 heterocycles. The van der Waals surface area contributed by atoms with Gasteiger partial charge < -0.3 is 20.9 Å². The molecular weight excluding hydrogens is 366 g/mol. The lowest BCUT2D eigenvalue weighted by molar-refractivity contribution is -0.120. The van der Waals surface area contributed by atoms with Gasteiger partial charge in [0.05, 0.1) is 16.9 Å². The van der Waals surface area contributed by atoms with E-state index < -0.39 is 11.6 Å². The molecule has 2 aromatic carbocycles. The lowest BCUT2D eigenvalue weighted by Crippen LogP contribution is -2.29. The zero-order chi connectivity index (χ0) is 19.7. The minimum absolute atomic E-state index is 0.0391. The van der Waals surface area contributed by atoms with Crippen LogP contribution in [0, 0.1) is 11.6 Å². The standard InChI is InChI=1S/C20H18F2N4O2/c21-12-1-3-14-15(20(28)25-17(14)9-12)11-24-13-2-4-18(16(22)10-13)26-7-5-19(27)23-6-8-26/h1-4,9-11,24H,5-8H2,(H,23,27)(H,25,28)/b15-11+. The van der Waals surface area contributed by atoms with E-state index in [1.54, 1.807) is 12.1 Å². The monoisotopic (exact) mass is 384 g/mol. The highest BCUT2D eigenvalue weighted by molar-refractivity contribution is 6.31. The third-order valence-corrected chi connectivity index (χ3v) is 4.75. The van der Waals surface area contributed by atoms with Gasteiger partial charge in [-0.15, -0.1) is 0 Å². The fourth-order valence-electron chi connectivity index (χ4n) is 3.33. The minimum Gasteiger partial charge on any atom is -0.367 e. The summed E-state index contributed by atoms with van der Waals surface area (Å²) in [7, 11) is 0. The van der Waals surface area contributed by atoms with Gasteiger partial charge in [0.25, 0.3) is 5.91 Å². The second-order valence-corrected chi connectivity index (χ2v) is 6.60. The number of fused-ring (bicyclic) bond motifs is 1. The van der Waals surface area contributed by atoms with Gasteiger partial charge in [0.2, 0.25) is 5.91 Å².